The van der Waals surface area contributed by atoms with E-state index in [9.17, 15) is 4.79 Å². The molecule has 11 heteroatoms. The van der Waals surface area contributed by atoms with Gasteiger partial charge >= 0.3 is 6.03 Å². The molecule has 0 saturated carbocycles. The minimum Gasteiger partial charge on any atom is -0.497 e. The number of oxime groups is 1. The van der Waals surface area contributed by atoms with Crippen LogP contribution in [0.4, 0.5) is 22.0 Å². The van der Waals surface area contributed by atoms with E-state index in [1.807, 2.05) is 0 Å². The molecule has 0 fully saturated rings. The first-order valence-corrected chi connectivity index (χ1v) is 9.24. The number of nitrogens with one attached hydrogen (secondary N) is 2. The molecule has 0 radical (unpaired) electrons. The first-order chi connectivity index (χ1) is 15.0. The van der Waals surface area contributed by atoms with E-state index in [2.05, 4.69) is 30.6 Å². The SMILES string of the molecule is CO/N=C/c1c(N)ncnc1Oc1ccc(NC(=O)Nc2ccc(OC)cc2)c(Cl)c1. The van der Waals surface area contributed by atoms with Crippen molar-refractivity contribution in [2.24, 2.45) is 5.16 Å². The molecular formula is C20H19ClN6O4. The van der Waals surface area contributed by atoms with Crippen molar-refractivity contribution in [3.05, 3.63) is 59.4 Å². The fraction of sp³-hybridized carbons (Fsp3) is 0.100. The highest BCUT2D eigenvalue weighted by molar-refractivity contribution is 6.34. The van der Waals surface area contributed by atoms with Crippen LogP contribution >= 0.6 is 11.6 Å². The van der Waals surface area contributed by atoms with Gasteiger partial charge in [0.2, 0.25) is 5.88 Å². The summed E-state index contributed by atoms with van der Waals surface area (Å²) >= 11 is 6.29. The quantitative estimate of drug-likeness (QED) is 0.370. The third-order valence-electron chi connectivity index (χ3n) is 3.92. The van der Waals surface area contributed by atoms with Gasteiger partial charge in [0.25, 0.3) is 0 Å². The van der Waals surface area contributed by atoms with Crippen LogP contribution in [0.1, 0.15) is 5.56 Å². The maximum absolute atomic E-state index is 12.2. The molecule has 4 N–H and O–H groups in total. The minimum absolute atomic E-state index is 0.169. The van der Waals surface area contributed by atoms with Gasteiger partial charge in [-0.1, -0.05) is 16.8 Å². The number of rotatable bonds is 7. The van der Waals surface area contributed by atoms with Gasteiger partial charge in [0.05, 0.1) is 24.0 Å². The predicted octanol–water partition coefficient (Wildman–Crippen LogP) is 4.14. The van der Waals surface area contributed by atoms with E-state index in [1.54, 1.807) is 43.5 Å². The molecule has 0 aliphatic rings. The summed E-state index contributed by atoms with van der Waals surface area (Å²) in [6, 6.07) is 11.2. The molecule has 2 aromatic carbocycles. The van der Waals surface area contributed by atoms with Gasteiger partial charge in [-0.3, -0.25) is 0 Å². The third kappa shape index (κ3) is 5.73. The summed E-state index contributed by atoms with van der Waals surface area (Å²) in [5, 5.41) is 9.30. The van der Waals surface area contributed by atoms with E-state index in [4.69, 9.17) is 26.8 Å². The first kappa shape index (κ1) is 21.7. The zero-order valence-corrected chi connectivity index (χ0v) is 17.4. The van der Waals surface area contributed by atoms with Crippen LogP contribution in [0, 0.1) is 0 Å². The van der Waals surface area contributed by atoms with Crippen molar-refractivity contribution >= 4 is 41.0 Å². The molecule has 3 aromatic rings. The van der Waals surface area contributed by atoms with Gasteiger partial charge in [0, 0.05) is 11.8 Å². The number of aromatic nitrogens is 2. The summed E-state index contributed by atoms with van der Waals surface area (Å²) in [6.07, 6.45) is 2.60. The lowest BCUT2D eigenvalue weighted by Crippen LogP contribution is -2.19. The van der Waals surface area contributed by atoms with Crippen molar-refractivity contribution in [1.82, 2.24) is 9.97 Å². The summed E-state index contributed by atoms with van der Waals surface area (Å²) in [4.78, 5) is 24.9. The molecule has 0 spiro atoms. The smallest absolute Gasteiger partial charge is 0.323 e. The molecule has 0 unspecified atom stereocenters. The largest absolute Gasteiger partial charge is 0.497 e. The topological polar surface area (TPSA) is 133 Å². The van der Waals surface area contributed by atoms with E-state index in [-0.39, 0.29) is 16.7 Å². The molecule has 31 heavy (non-hydrogen) atoms. The standard InChI is InChI=1S/C20H19ClN6O4/c1-29-13-5-3-12(4-6-13)26-20(28)27-17-8-7-14(9-16(17)21)31-19-15(10-25-30-2)18(22)23-11-24-19/h3-11H,1-2H3,(H2,22,23,24)(H2,26,27,28)/b25-10+. The number of urea groups is 1. The molecule has 160 valence electrons. The number of nitrogen functional groups attached to an aromatic ring is 1. The number of halogens is 1. The number of carbonyl (C=O) groups excluding carboxylic acids is 1. The average molecular weight is 443 g/mol. The molecule has 2 amide bonds. The lowest BCUT2D eigenvalue weighted by Gasteiger charge is -2.12. The summed E-state index contributed by atoms with van der Waals surface area (Å²) in [5.41, 5.74) is 7.18. The van der Waals surface area contributed by atoms with Crippen LogP contribution in [0.15, 0.2) is 53.9 Å². The van der Waals surface area contributed by atoms with Gasteiger partial charge in [-0.15, -0.1) is 0 Å². The van der Waals surface area contributed by atoms with Crippen LogP contribution in [-0.4, -0.2) is 36.4 Å². The fourth-order valence-corrected chi connectivity index (χ4v) is 2.65. The number of benzene rings is 2. The van der Waals surface area contributed by atoms with Crippen LogP contribution in [0.25, 0.3) is 0 Å². The molecule has 3 rings (SSSR count). The summed E-state index contributed by atoms with van der Waals surface area (Å²) in [7, 11) is 2.96. The van der Waals surface area contributed by atoms with Gasteiger partial charge < -0.3 is 30.7 Å². The Labute approximate surface area is 183 Å². The van der Waals surface area contributed by atoms with Crippen LogP contribution in [0.3, 0.4) is 0 Å². The second-order valence-electron chi connectivity index (χ2n) is 5.95. The second kappa shape index (κ2) is 10.1. The Kier molecular flexibility index (Phi) is 7.07. The van der Waals surface area contributed by atoms with Gasteiger partial charge in [-0.2, -0.15) is 0 Å². The molecule has 0 atom stereocenters. The number of amides is 2. The van der Waals surface area contributed by atoms with Gasteiger partial charge in [0.15, 0.2) is 0 Å². The zero-order chi connectivity index (χ0) is 22.2. The number of nitrogens with zero attached hydrogens (tertiary/aromatic N) is 3. The van der Waals surface area contributed by atoms with Crippen molar-refractivity contribution < 1.29 is 19.1 Å². The molecule has 10 nitrogen and oxygen atoms in total. The lowest BCUT2D eigenvalue weighted by atomic mass is 10.3. The average Bonchev–Trinajstić information content (AvgIpc) is 2.76. The van der Waals surface area contributed by atoms with Crippen LogP contribution in [0.2, 0.25) is 5.02 Å². The second-order valence-corrected chi connectivity index (χ2v) is 6.35. The van der Waals surface area contributed by atoms with E-state index >= 15 is 0 Å². The van der Waals surface area contributed by atoms with E-state index in [1.165, 1.54) is 25.7 Å². The molecular weight excluding hydrogens is 424 g/mol. The van der Waals surface area contributed by atoms with E-state index in [0.717, 1.165) is 0 Å². The highest BCUT2D eigenvalue weighted by Gasteiger charge is 2.12. The Morgan fingerprint density at radius 3 is 2.52 bits per heavy atom. The lowest BCUT2D eigenvalue weighted by molar-refractivity contribution is 0.215. The Morgan fingerprint density at radius 2 is 1.84 bits per heavy atom. The Morgan fingerprint density at radius 1 is 1.10 bits per heavy atom. The van der Waals surface area contributed by atoms with Crippen molar-refractivity contribution in [3.8, 4) is 17.4 Å². The number of hydrogen-bond donors (Lipinski definition) is 3. The normalized spacial score (nSPS) is 10.5. The van der Waals surface area contributed by atoms with Gasteiger partial charge in [-0.05, 0) is 36.4 Å². The Hall–Kier alpha value is -4.05. The molecule has 1 heterocycles. The number of hydrogen-bond acceptors (Lipinski definition) is 8. The number of methoxy groups -OCH3 is 1. The summed E-state index contributed by atoms with van der Waals surface area (Å²) in [6.45, 7) is 0. The molecule has 0 aliphatic heterocycles. The maximum atomic E-state index is 12.2. The predicted molar refractivity (Wildman–Crippen MR) is 118 cm³/mol. The van der Waals surface area contributed by atoms with E-state index in [0.29, 0.717) is 28.4 Å². The van der Waals surface area contributed by atoms with Gasteiger partial charge in [-0.25, -0.2) is 14.8 Å². The van der Waals surface area contributed by atoms with Crippen molar-refractivity contribution in [2.45, 2.75) is 0 Å². The highest BCUT2D eigenvalue weighted by Crippen LogP contribution is 2.31. The summed E-state index contributed by atoms with van der Waals surface area (Å²) in [5.74, 6) is 1.40. The van der Waals surface area contributed by atoms with Crippen molar-refractivity contribution in [2.75, 3.05) is 30.6 Å². The van der Waals surface area contributed by atoms with Crippen molar-refractivity contribution in [1.29, 1.82) is 0 Å². The third-order valence-corrected chi connectivity index (χ3v) is 4.23. The zero-order valence-electron chi connectivity index (χ0n) is 16.6. The summed E-state index contributed by atoms with van der Waals surface area (Å²) < 4.78 is 10.8. The highest BCUT2D eigenvalue weighted by atomic mass is 35.5. The molecule has 1 aromatic heterocycles. The van der Waals surface area contributed by atoms with Crippen LogP contribution < -0.4 is 25.8 Å². The number of carbonyl (C=O) groups is 1. The Balaban J connectivity index is 1.69. The number of nitrogens with two attached hydrogens (primary N) is 1. The molecule has 0 bridgehead atoms. The first-order valence-electron chi connectivity index (χ1n) is 8.86. The molecule has 0 aliphatic carbocycles. The van der Waals surface area contributed by atoms with Crippen LogP contribution in [-0.2, 0) is 4.84 Å². The maximum Gasteiger partial charge on any atom is 0.323 e. The molecule has 0 saturated heterocycles. The number of anilines is 3. The monoisotopic (exact) mass is 442 g/mol. The van der Waals surface area contributed by atoms with Crippen LogP contribution in [0.5, 0.6) is 17.4 Å². The Bertz CT molecular complexity index is 1090. The van der Waals surface area contributed by atoms with E-state index < -0.39 is 6.03 Å². The van der Waals surface area contributed by atoms with Gasteiger partial charge in [0.1, 0.15) is 36.3 Å². The number of ether oxygens (including phenoxy) is 2. The fourth-order valence-electron chi connectivity index (χ4n) is 2.43. The van der Waals surface area contributed by atoms with Crippen molar-refractivity contribution in [3.63, 3.8) is 0 Å². The minimum atomic E-state index is -0.456.